The van der Waals surface area contributed by atoms with E-state index < -0.39 is 0 Å². The molecule has 0 bridgehead atoms. The number of fused-ring (bicyclic) bond motifs is 1. The first-order chi connectivity index (χ1) is 12.0. The Morgan fingerprint density at radius 2 is 2.04 bits per heavy atom. The van der Waals surface area contributed by atoms with Crippen LogP contribution in [0, 0.1) is 5.82 Å². The number of rotatable bonds is 8. The topological polar surface area (TPSA) is 15.8 Å². The van der Waals surface area contributed by atoms with Gasteiger partial charge in [-0.2, -0.15) is 0 Å². The fourth-order valence-electron chi connectivity index (χ4n) is 3.35. The SMILES string of the molecule is C/C=C\C(=C/CCC)C(C)c1[nH]c2ccc(Cl)c(F)c2c1CCCC. The minimum Gasteiger partial charge on any atom is -0.358 e. The summed E-state index contributed by atoms with van der Waals surface area (Å²) in [6.45, 7) is 8.57. The predicted molar refractivity (Wildman–Crippen MR) is 108 cm³/mol. The minimum absolute atomic E-state index is 0.193. The lowest BCUT2D eigenvalue weighted by molar-refractivity contribution is 0.638. The summed E-state index contributed by atoms with van der Waals surface area (Å²) in [5.74, 6) is -0.106. The van der Waals surface area contributed by atoms with Gasteiger partial charge in [0.1, 0.15) is 0 Å². The minimum atomic E-state index is -0.301. The Hall–Kier alpha value is -1.54. The lowest BCUT2D eigenvalue weighted by Gasteiger charge is -2.15. The van der Waals surface area contributed by atoms with Crippen LogP contribution in [-0.4, -0.2) is 4.98 Å². The first-order valence-electron chi connectivity index (χ1n) is 9.36. The van der Waals surface area contributed by atoms with Gasteiger partial charge in [0.2, 0.25) is 0 Å². The molecule has 1 heterocycles. The van der Waals surface area contributed by atoms with Crippen molar-refractivity contribution in [3.8, 4) is 0 Å². The number of aromatic amines is 1. The van der Waals surface area contributed by atoms with E-state index in [9.17, 15) is 4.39 Å². The summed E-state index contributed by atoms with van der Waals surface area (Å²) in [5.41, 5.74) is 4.31. The Balaban J connectivity index is 2.60. The lowest BCUT2D eigenvalue weighted by atomic mass is 9.91. The van der Waals surface area contributed by atoms with Crippen LogP contribution < -0.4 is 0 Å². The molecule has 25 heavy (non-hydrogen) atoms. The molecule has 0 radical (unpaired) electrons. The van der Waals surface area contributed by atoms with E-state index in [0.29, 0.717) is 5.39 Å². The van der Waals surface area contributed by atoms with Crippen LogP contribution in [0.3, 0.4) is 0 Å². The van der Waals surface area contributed by atoms with E-state index in [1.54, 1.807) is 6.07 Å². The van der Waals surface area contributed by atoms with Crippen molar-refractivity contribution in [1.29, 1.82) is 0 Å². The molecule has 0 aliphatic heterocycles. The zero-order valence-corrected chi connectivity index (χ0v) is 16.5. The Morgan fingerprint density at radius 3 is 2.68 bits per heavy atom. The van der Waals surface area contributed by atoms with Crippen LogP contribution in [-0.2, 0) is 6.42 Å². The fraction of sp³-hybridized carbons (Fsp3) is 0.455. The zero-order valence-electron chi connectivity index (χ0n) is 15.8. The average Bonchev–Trinajstić information content (AvgIpc) is 2.98. The highest BCUT2D eigenvalue weighted by atomic mass is 35.5. The van der Waals surface area contributed by atoms with E-state index in [2.05, 4.69) is 44.0 Å². The number of hydrogen-bond acceptors (Lipinski definition) is 0. The average molecular weight is 362 g/mol. The third kappa shape index (κ3) is 4.36. The molecule has 1 N–H and O–H groups in total. The van der Waals surface area contributed by atoms with Gasteiger partial charge in [-0.3, -0.25) is 0 Å². The van der Waals surface area contributed by atoms with E-state index in [4.69, 9.17) is 11.6 Å². The zero-order chi connectivity index (χ0) is 18.4. The van der Waals surface area contributed by atoms with Gasteiger partial charge in [0.05, 0.1) is 5.02 Å². The van der Waals surface area contributed by atoms with Gasteiger partial charge < -0.3 is 4.98 Å². The van der Waals surface area contributed by atoms with Crippen LogP contribution in [0.5, 0.6) is 0 Å². The summed E-state index contributed by atoms with van der Waals surface area (Å²) in [5, 5.41) is 0.858. The van der Waals surface area contributed by atoms with Gasteiger partial charge in [-0.05, 0) is 49.5 Å². The van der Waals surface area contributed by atoms with E-state index in [-0.39, 0.29) is 16.8 Å². The van der Waals surface area contributed by atoms with Crippen LogP contribution in [0.15, 0.2) is 35.9 Å². The maximum absolute atomic E-state index is 14.7. The summed E-state index contributed by atoms with van der Waals surface area (Å²) in [7, 11) is 0. The summed E-state index contributed by atoms with van der Waals surface area (Å²) in [4.78, 5) is 3.48. The molecule has 0 fully saturated rings. The van der Waals surface area contributed by atoms with Crippen molar-refractivity contribution in [3.05, 3.63) is 58.0 Å². The molecule has 0 spiro atoms. The van der Waals surface area contributed by atoms with Gasteiger partial charge in [0, 0.05) is 22.5 Å². The second-order valence-electron chi connectivity index (χ2n) is 6.62. The molecule has 0 aliphatic rings. The van der Waals surface area contributed by atoms with Gasteiger partial charge in [-0.15, -0.1) is 0 Å². The maximum atomic E-state index is 14.7. The smallest absolute Gasteiger partial charge is 0.151 e. The molecule has 1 unspecified atom stereocenters. The third-order valence-corrected chi connectivity index (χ3v) is 5.02. The molecule has 2 rings (SSSR count). The first-order valence-corrected chi connectivity index (χ1v) is 9.74. The van der Waals surface area contributed by atoms with Crippen molar-refractivity contribution in [3.63, 3.8) is 0 Å². The number of aryl methyl sites for hydroxylation is 1. The molecule has 3 heteroatoms. The molecule has 2 aromatic rings. The number of unbranched alkanes of at least 4 members (excludes halogenated alkanes) is 2. The number of nitrogens with one attached hydrogen (secondary N) is 1. The predicted octanol–water partition coefficient (Wildman–Crippen LogP) is 7.71. The normalized spacial score (nSPS) is 13.9. The number of benzene rings is 1. The summed E-state index contributed by atoms with van der Waals surface area (Å²) in [6.07, 6.45) is 11.7. The number of hydrogen-bond donors (Lipinski definition) is 1. The number of H-pyrrole nitrogens is 1. The van der Waals surface area contributed by atoms with Gasteiger partial charge in [0.15, 0.2) is 5.82 Å². The second kappa shape index (κ2) is 9.24. The van der Waals surface area contributed by atoms with Crippen molar-refractivity contribution >= 4 is 22.5 Å². The first kappa shape index (κ1) is 19.8. The Labute approximate surface area is 156 Å². The molecule has 136 valence electrons. The summed E-state index contributed by atoms with van der Waals surface area (Å²) >= 11 is 6.05. The van der Waals surface area contributed by atoms with Crippen molar-refractivity contribution in [2.24, 2.45) is 0 Å². The van der Waals surface area contributed by atoms with Gasteiger partial charge in [-0.25, -0.2) is 4.39 Å². The maximum Gasteiger partial charge on any atom is 0.151 e. The molecule has 1 nitrogen and oxygen atoms in total. The highest BCUT2D eigenvalue weighted by Crippen LogP contribution is 2.36. The highest BCUT2D eigenvalue weighted by Gasteiger charge is 2.21. The van der Waals surface area contributed by atoms with E-state index in [1.165, 1.54) is 5.57 Å². The van der Waals surface area contributed by atoms with Gasteiger partial charge >= 0.3 is 0 Å². The monoisotopic (exact) mass is 361 g/mol. The number of halogens is 2. The number of aromatic nitrogens is 1. The van der Waals surface area contributed by atoms with E-state index in [1.807, 2.05) is 13.0 Å². The molecule has 1 aromatic carbocycles. The Kier molecular flexibility index (Phi) is 7.31. The fourth-order valence-corrected chi connectivity index (χ4v) is 3.50. The Bertz CT molecular complexity index is 770. The highest BCUT2D eigenvalue weighted by molar-refractivity contribution is 6.31. The van der Waals surface area contributed by atoms with Gasteiger partial charge in [0.25, 0.3) is 0 Å². The molecule has 0 aliphatic carbocycles. The van der Waals surface area contributed by atoms with Crippen LogP contribution in [0.1, 0.15) is 70.6 Å². The van der Waals surface area contributed by atoms with E-state index in [0.717, 1.165) is 48.9 Å². The number of allylic oxidation sites excluding steroid dienone is 4. The molecular weight excluding hydrogens is 333 g/mol. The molecule has 0 saturated carbocycles. The Morgan fingerprint density at radius 1 is 1.28 bits per heavy atom. The molecule has 0 saturated heterocycles. The summed E-state index contributed by atoms with van der Waals surface area (Å²) < 4.78 is 14.7. The molecular formula is C22H29ClFN. The standard InChI is InChI=1S/C22H29ClFN/c1-5-8-11-16(10-7-3)15(4)22-17(12-9-6-2)20-19(25-22)14-13-18(23)21(20)24/h7,10-11,13-15,25H,5-6,8-9,12H2,1-4H3/b10-7-,16-11+. The largest absolute Gasteiger partial charge is 0.358 e. The van der Waals surface area contributed by atoms with E-state index >= 15 is 0 Å². The van der Waals surface area contributed by atoms with Crippen molar-refractivity contribution in [2.45, 2.75) is 65.7 Å². The second-order valence-corrected chi connectivity index (χ2v) is 7.03. The molecule has 1 atom stereocenters. The van der Waals surface area contributed by atoms with Crippen molar-refractivity contribution in [1.82, 2.24) is 4.98 Å². The van der Waals surface area contributed by atoms with Gasteiger partial charge in [-0.1, -0.05) is 63.4 Å². The summed E-state index contributed by atoms with van der Waals surface area (Å²) in [6, 6.07) is 3.52. The quantitative estimate of drug-likeness (QED) is 0.463. The van der Waals surface area contributed by atoms with Crippen LogP contribution in [0.2, 0.25) is 5.02 Å². The van der Waals surface area contributed by atoms with Crippen LogP contribution >= 0.6 is 11.6 Å². The lowest BCUT2D eigenvalue weighted by Crippen LogP contribution is -2.01. The third-order valence-electron chi connectivity index (χ3n) is 4.73. The van der Waals surface area contributed by atoms with Crippen LogP contribution in [0.4, 0.5) is 4.39 Å². The molecule has 1 aromatic heterocycles. The van der Waals surface area contributed by atoms with Crippen molar-refractivity contribution < 1.29 is 4.39 Å². The molecule has 0 amide bonds. The van der Waals surface area contributed by atoms with Crippen molar-refractivity contribution in [2.75, 3.05) is 0 Å². The van der Waals surface area contributed by atoms with Crippen LogP contribution in [0.25, 0.3) is 10.9 Å².